The lowest BCUT2D eigenvalue weighted by Gasteiger charge is -2.10. The molecule has 1 aromatic heterocycles. The molecule has 0 atom stereocenters. The Labute approximate surface area is 190 Å². The van der Waals surface area contributed by atoms with Crippen LogP contribution in [0.2, 0.25) is 0 Å². The molecule has 0 aliphatic rings. The normalized spacial score (nSPS) is 10.5. The summed E-state index contributed by atoms with van der Waals surface area (Å²) >= 11 is 0. The number of esters is 1. The molecule has 3 aromatic rings. The van der Waals surface area contributed by atoms with E-state index in [-0.39, 0.29) is 5.97 Å². The summed E-state index contributed by atoms with van der Waals surface area (Å²) in [4.78, 5) is 15.7. The molecule has 0 amide bonds. The summed E-state index contributed by atoms with van der Waals surface area (Å²) < 4.78 is 17.0. The highest BCUT2D eigenvalue weighted by Gasteiger charge is 2.05. The van der Waals surface area contributed by atoms with Crippen molar-refractivity contribution in [3.63, 3.8) is 0 Å². The highest BCUT2D eigenvalue weighted by Crippen LogP contribution is 2.21. The summed E-state index contributed by atoms with van der Waals surface area (Å²) in [6.45, 7) is 1.71. The number of rotatable bonds is 14. The molecule has 5 nitrogen and oxygen atoms in total. The molecule has 0 spiro atoms. The number of aromatic nitrogens is 1. The molecule has 0 unspecified atom stereocenters. The second kappa shape index (κ2) is 13.9. The van der Waals surface area contributed by atoms with E-state index >= 15 is 0 Å². The van der Waals surface area contributed by atoms with Gasteiger partial charge in [-0.2, -0.15) is 0 Å². The molecule has 0 saturated heterocycles. The molecule has 0 N–H and O–H groups in total. The van der Waals surface area contributed by atoms with Gasteiger partial charge in [0.15, 0.2) is 0 Å². The summed E-state index contributed by atoms with van der Waals surface area (Å²) in [6.07, 6.45) is 9.54. The van der Waals surface area contributed by atoms with Crippen LogP contribution in [0.25, 0.3) is 0 Å². The third-order valence-electron chi connectivity index (χ3n) is 4.99. The van der Waals surface area contributed by atoms with Crippen molar-refractivity contribution in [2.75, 3.05) is 13.2 Å². The predicted molar refractivity (Wildman–Crippen MR) is 125 cm³/mol. The maximum Gasteiger partial charge on any atom is 0.339 e. The number of benzene rings is 2. The Kier molecular flexibility index (Phi) is 10.1. The molecule has 0 radical (unpaired) electrons. The first-order valence-corrected chi connectivity index (χ1v) is 11.3. The molecule has 32 heavy (non-hydrogen) atoms. The minimum absolute atomic E-state index is 0.301. The molecule has 0 saturated carbocycles. The van der Waals surface area contributed by atoms with Crippen molar-refractivity contribution >= 4 is 5.97 Å². The number of hydrogen-bond donors (Lipinski definition) is 0. The van der Waals surface area contributed by atoms with Crippen LogP contribution < -0.4 is 9.47 Å². The highest BCUT2D eigenvalue weighted by atomic mass is 16.5. The van der Waals surface area contributed by atoms with Gasteiger partial charge >= 0.3 is 5.97 Å². The number of hydrogen-bond acceptors (Lipinski definition) is 5. The van der Waals surface area contributed by atoms with E-state index in [4.69, 9.17) is 14.2 Å². The van der Waals surface area contributed by atoms with Crippen molar-refractivity contribution < 1.29 is 19.0 Å². The van der Waals surface area contributed by atoms with Gasteiger partial charge in [0, 0.05) is 18.5 Å². The van der Waals surface area contributed by atoms with Crippen LogP contribution in [0.4, 0.5) is 0 Å². The summed E-state index contributed by atoms with van der Waals surface area (Å²) in [5.74, 6) is 1.35. The van der Waals surface area contributed by atoms with Crippen molar-refractivity contribution in [2.45, 2.75) is 45.1 Å². The Morgan fingerprint density at radius 1 is 0.719 bits per heavy atom. The van der Waals surface area contributed by atoms with E-state index in [9.17, 15) is 4.79 Å². The minimum atomic E-state index is -0.301. The van der Waals surface area contributed by atoms with Crippen LogP contribution in [0.1, 0.15) is 54.4 Å². The van der Waals surface area contributed by atoms with E-state index in [0.29, 0.717) is 25.4 Å². The van der Waals surface area contributed by atoms with Gasteiger partial charge in [0.2, 0.25) is 0 Å². The van der Waals surface area contributed by atoms with Crippen molar-refractivity contribution in [1.29, 1.82) is 0 Å². The Morgan fingerprint density at radius 3 is 2.19 bits per heavy atom. The minimum Gasteiger partial charge on any atom is -0.493 e. The summed E-state index contributed by atoms with van der Waals surface area (Å²) in [7, 11) is 0. The Hall–Kier alpha value is -3.34. The van der Waals surface area contributed by atoms with E-state index < -0.39 is 0 Å². The summed E-state index contributed by atoms with van der Waals surface area (Å²) in [5.41, 5.74) is 1.64. The van der Waals surface area contributed by atoms with E-state index in [1.807, 2.05) is 42.5 Å². The van der Waals surface area contributed by atoms with E-state index in [0.717, 1.165) is 55.6 Å². The van der Waals surface area contributed by atoms with Crippen molar-refractivity contribution in [3.8, 4) is 11.5 Å². The first-order valence-electron chi connectivity index (χ1n) is 11.3. The lowest BCUT2D eigenvalue weighted by Crippen LogP contribution is -2.06. The second-order valence-corrected chi connectivity index (χ2v) is 7.60. The van der Waals surface area contributed by atoms with Gasteiger partial charge in [-0.05, 0) is 42.7 Å². The number of carbonyl (C=O) groups is 1. The molecule has 168 valence electrons. The number of nitrogens with zero attached hydrogens (tertiary/aromatic N) is 1. The average Bonchev–Trinajstić information content (AvgIpc) is 2.85. The van der Waals surface area contributed by atoms with E-state index in [1.165, 1.54) is 6.20 Å². The third kappa shape index (κ3) is 8.80. The number of carbonyl (C=O) groups excluding carboxylic acids is 1. The van der Waals surface area contributed by atoms with E-state index in [2.05, 4.69) is 17.1 Å². The molecule has 3 rings (SSSR count). The largest absolute Gasteiger partial charge is 0.493 e. The van der Waals surface area contributed by atoms with Crippen LogP contribution >= 0.6 is 0 Å². The first kappa shape index (κ1) is 23.3. The standard InChI is InChI=1S/C27H31NO4/c29-27(24-14-11-17-28-21-24)31-19-9-4-2-1-3-8-18-30-25-15-10-16-26(20-25)32-22-23-12-6-5-7-13-23/h5-7,10-17,20-21H,1-4,8-9,18-19,22H2. The number of unbranched alkanes of at least 4 members (excludes halogenated alkanes) is 5. The zero-order chi connectivity index (χ0) is 22.3. The lowest BCUT2D eigenvalue weighted by molar-refractivity contribution is 0.0497. The van der Waals surface area contributed by atoms with Gasteiger partial charge in [0.25, 0.3) is 0 Å². The Morgan fingerprint density at radius 2 is 1.44 bits per heavy atom. The first-order chi connectivity index (χ1) is 15.8. The fraction of sp³-hybridized carbons (Fsp3) is 0.333. The maximum absolute atomic E-state index is 11.8. The Bertz CT molecular complexity index is 915. The maximum atomic E-state index is 11.8. The molecule has 0 fully saturated rings. The zero-order valence-electron chi connectivity index (χ0n) is 18.4. The van der Waals surface area contributed by atoms with Crippen molar-refractivity contribution in [2.24, 2.45) is 0 Å². The molecule has 5 heteroatoms. The van der Waals surface area contributed by atoms with Gasteiger partial charge in [-0.15, -0.1) is 0 Å². The van der Waals surface area contributed by atoms with Gasteiger partial charge in [0.1, 0.15) is 18.1 Å². The van der Waals surface area contributed by atoms with Gasteiger partial charge in [-0.3, -0.25) is 4.98 Å². The van der Waals surface area contributed by atoms with Crippen molar-refractivity contribution in [1.82, 2.24) is 4.98 Å². The number of ether oxygens (including phenoxy) is 3. The monoisotopic (exact) mass is 433 g/mol. The fourth-order valence-electron chi connectivity index (χ4n) is 3.23. The summed E-state index contributed by atoms with van der Waals surface area (Å²) in [5, 5.41) is 0. The van der Waals surface area contributed by atoms with Crippen LogP contribution in [0.5, 0.6) is 11.5 Å². The van der Waals surface area contributed by atoms with Gasteiger partial charge in [-0.25, -0.2) is 4.79 Å². The quantitative estimate of drug-likeness (QED) is 0.223. The smallest absolute Gasteiger partial charge is 0.339 e. The molecule has 1 heterocycles. The van der Waals surface area contributed by atoms with Gasteiger partial charge < -0.3 is 14.2 Å². The third-order valence-corrected chi connectivity index (χ3v) is 4.99. The zero-order valence-corrected chi connectivity index (χ0v) is 18.4. The fourth-order valence-corrected chi connectivity index (χ4v) is 3.23. The summed E-state index contributed by atoms with van der Waals surface area (Å²) in [6, 6.07) is 21.4. The second-order valence-electron chi connectivity index (χ2n) is 7.60. The van der Waals surface area contributed by atoms with E-state index in [1.54, 1.807) is 18.3 Å². The van der Waals surface area contributed by atoms with Crippen LogP contribution in [0, 0.1) is 0 Å². The van der Waals surface area contributed by atoms with Crippen molar-refractivity contribution in [3.05, 3.63) is 90.3 Å². The Balaban J connectivity index is 1.19. The molecule has 0 aliphatic heterocycles. The van der Waals surface area contributed by atoms with Crippen LogP contribution in [-0.2, 0) is 11.3 Å². The molecule has 0 aliphatic carbocycles. The van der Waals surface area contributed by atoms with Gasteiger partial charge in [0.05, 0.1) is 18.8 Å². The topological polar surface area (TPSA) is 57.7 Å². The molecule has 0 bridgehead atoms. The lowest BCUT2D eigenvalue weighted by atomic mass is 10.1. The SMILES string of the molecule is O=C(OCCCCCCCCOc1cccc(OCc2ccccc2)c1)c1cccnc1. The molecule has 2 aromatic carbocycles. The average molecular weight is 434 g/mol. The number of pyridine rings is 1. The van der Waals surface area contributed by atoms with Crippen LogP contribution in [0.15, 0.2) is 79.1 Å². The van der Waals surface area contributed by atoms with Crippen LogP contribution in [-0.4, -0.2) is 24.2 Å². The molecular formula is C27H31NO4. The van der Waals surface area contributed by atoms with Gasteiger partial charge in [-0.1, -0.05) is 62.1 Å². The molecular weight excluding hydrogens is 402 g/mol. The predicted octanol–water partition coefficient (Wildman–Crippen LogP) is 6.24. The highest BCUT2D eigenvalue weighted by molar-refractivity contribution is 5.88. The van der Waals surface area contributed by atoms with Crippen LogP contribution in [0.3, 0.4) is 0 Å².